The van der Waals surface area contributed by atoms with Crippen molar-refractivity contribution in [1.82, 2.24) is 4.72 Å². The van der Waals surface area contributed by atoms with Crippen molar-refractivity contribution in [2.24, 2.45) is 0 Å². The van der Waals surface area contributed by atoms with Gasteiger partial charge in [-0.15, -0.1) is 0 Å². The number of benzene rings is 1. The minimum atomic E-state index is -4.01. The van der Waals surface area contributed by atoms with E-state index in [1.807, 2.05) is 6.07 Å². The van der Waals surface area contributed by atoms with Crippen LogP contribution in [-0.4, -0.2) is 14.5 Å². The summed E-state index contributed by atoms with van der Waals surface area (Å²) in [5, 5.41) is 17.2. The number of hydrogen-bond donors (Lipinski definition) is 1. The van der Waals surface area contributed by atoms with Crippen LogP contribution in [0.2, 0.25) is 0 Å². The SMILES string of the molecule is CC(CC#N)NS(=O)(=O)c1cccc(F)c1C#N. The van der Waals surface area contributed by atoms with Crippen molar-refractivity contribution in [3.05, 3.63) is 29.6 Å². The van der Waals surface area contributed by atoms with Crippen molar-refractivity contribution < 1.29 is 12.8 Å². The van der Waals surface area contributed by atoms with Crippen LogP contribution in [0.5, 0.6) is 0 Å². The Morgan fingerprint density at radius 1 is 1.44 bits per heavy atom. The first-order chi connectivity index (χ1) is 8.42. The quantitative estimate of drug-likeness (QED) is 0.889. The highest BCUT2D eigenvalue weighted by Crippen LogP contribution is 2.18. The van der Waals surface area contributed by atoms with E-state index in [1.165, 1.54) is 19.1 Å². The highest BCUT2D eigenvalue weighted by Gasteiger charge is 2.22. The summed E-state index contributed by atoms with van der Waals surface area (Å²) < 4.78 is 39.3. The summed E-state index contributed by atoms with van der Waals surface area (Å²) in [6.45, 7) is 1.51. The molecule has 5 nitrogen and oxygen atoms in total. The highest BCUT2D eigenvalue weighted by molar-refractivity contribution is 7.89. The number of nitrogens with one attached hydrogen (secondary N) is 1. The first-order valence-electron chi connectivity index (χ1n) is 5.00. The summed E-state index contributed by atoms with van der Waals surface area (Å²) >= 11 is 0. The molecule has 1 N–H and O–H groups in total. The van der Waals surface area contributed by atoms with Crippen molar-refractivity contribution in [3.8, 4) is 12.1 Å². The molecule has 0 radical (unpaired) electrons. The van der Waals surface area contributed by atoms with Crippen molar-refractivity contribution in [2.75, 3.05) is 0 Å². The lowest BCUT2D eigenvalue weighted by Crippen LogP contribution is -2.32. The van der Waals surface area contributed by atoms with Gasteiger partial charge in [-0.3, -0.25) is 0 Å². The molecule has 7 heteroatoms. The molecule has 0 bridgehead atoms. The van der Waals surface area contributed by atoms with Crippen LogP contribution in [0.3, 0.4) is 0 Å². The number of nitriles is 2. The van der Waals surface area contributed by atoms with E-state index in [0.29, 0.717) is 0 Å². The van der Waals surface area contributed by atoms with E-state index in [0.717, 1.165) is 12.1 Å². The Morgan fingerprint density at radius 2 is 2.11 bits per heavy atom. The Labute approximate surface area is 105 Å². The normalized spacial score (nSPS) is 12.4. The van der Waals surface area contributed by atoms with Gasteiger partial charge in [0.15, 0.2) is 0 Å². The fourth-order valence-electron chi connectivity index (χ4n) is 1.34. The lowest BCUT2D eigenvalue weighted by Gasteiger charge is -2.12. The molecule has 1 atom stereocenters. The molecular weight excluding hydrogens is 257 g/mol. The molecule has 0 fully saturated rings. The van der Waals surface area contributed by atoms with Crippen LogP contribution in [0.25, 0.3) is 0 Å². The summed E-state index contributed by atoms with van der Waals surface area (Å²) in [5.74, 6) is -0.895. The summed E-state index contributed by atoms with van der Waals surface area (Å²) in [7, 11) is -4.01. The Bertz CT molecular complexity index is 629. The molecular formula is C11H10FN3O2S. The zero-order chi connectivity index (χ0) is 13.8. The van der Waals surface area contributed by atoms with Crippen LogP contribution in [0, 0.1) is 28.5 Å². The summed E-state index contributed by atoms with van der Waals surface area (Å²) in [4.78, 5) is -0.421. The molecule has 0 aliphatic carbocycles. The number of hydrogen-bond acceptors (Lipinski definition) is 4. The Kier molecular flexibility index (Phi) is 4.38. The van der Waals surface area contributed by atoms with E-state index in [4.69, 9.17) is 10.5 Å². The monoisotopic (exact) mass is 267 g/mol. The summed E-state index contributed by atoms with van der Waals surface area (Å²) in [6, 6.07) is 6.08. The molecule has 94 valence electrons. The Balaban J connectivity index is 3.19. The van der Waals surface area contributed by atoms with E-state index >= 15 is 0 Å². The van der Waals surface area contributed by atoms with Gasteiger partial charge in [-0.1, -0.05) is 6.07 Å². The molecule has 0 spiro atoms. The van der Waals surface area contributed by atoms with Crippen molar-refractivity contribution in [2.45, 2.75) is 24.3 Å². The van der Waals surface area contributed by atoms with Crippen LogP contribution < -0.4 is 4.72 Å². The van der Waals surface area contributed by atoms with E-state index < -0.39 is 32.3 Å². The van der Waals surface area contributed by atoms with Crippen LogP contribution in [0.15, 0.2) is 23.1 Å². The molecule has 0 aromatic heterocycles. The van der Waals surface area contributed by atoms with Crippen molar-refractivity contribution in [3.63, 3.8) is 0 Å². The van der Waals surface area contributed by atoms with Gasteiger partial charge >= 0.3 is 0 Å². The average Bonchev–Trinajstić information content (AvgIpc) is 2.28. The van der Waals surface area contributed by atoms with Gasteiger partial charge in [0.1, 0.15) is 22.3 Å². The Hall–Kier alpha value is -1.96. The molecule has 0 amide bonds. The fourth-order valence-corrected chi connectivity index (χ4v) is 2.75. The Morgan fingerprint density at radius 3 is 2.67 bits per heavy atom. The van der Waals surface area contributed by atoms with E-state index in [-0.39, 0.29) is 6.42 Å². The van der Waals surface area contributed by atoms with Gasteiger partial charge in [0.2, 0.25) is 10.0 Å². The predicted octanol–water partition coefficient (Wildman–Crippen LogP) is 1.28. The molecule has 1 rings (SSSR count). The largest absolute Gasteiger partial charge is 0.242 e. The number of nitrogens with zero attached hydrogens (tertiary/aromatic N) is 2. The van der Waals surface area contributed by atoms with E-state index in [1.54, 1.807) is 0 Å². The molecule has 0 saturated carbocycles. The van der Waals surface area contributed by atoms with Gasteiger partial charge in [0.05, 0.1) is 12.5 Å². The lowest BCUT2D eigenvalue weighted by molar-refractivity contribution is 0.559. The third-order valence-corrected chi connectivity index (χ3v) is 3.76. The van der Waals surface area contributed by atoms with Crippen molar-refractivity contribution >= 4 is 10.0 Å². The maximum absolute atomic E-state index is 13.3. The lowest BCUT2D eigenvalue weighted by atomic mass is 10.2. The fraction of sp³-hybridized carbons (Fsp3) is 0.273. The molecule has 1 aromatic rings. The van der Waals surface area contributed by atoms with Gasteiger partial charge in [0.25, 0.3) is 0 Å². The first-order valence-corrected chi connectivity index (χ1v) is 6.48. The number of halogens is 1. The van der Waals surface area contributed by atoms with Gasteiger partial charge in [-0.05, 0) is 19.1 Å². The van der Waals surface area contributed by atoms with E-state index in [9.17, 15) is 12.8 Å². The first kappa shape index (κ1) is 14.1. The summed E-state index contributed by atoms with van der Waals surface area (Å²) in [5.41, 5.74) is -0.533. The topological polar surface area (TPSA) is 93.8 Å². The molecule has 1 aromatic carbocycles. The minimum Gasteiger partial charge on any atom is -0.207 e. The smallest absolute Gasteiger partial charge is 0.207 e. The molecule has 1 unspecified atom stereocenters. The highest BCUT2D eigenvalue weighted by atomic mass is 32.2. The van der Waals surface area contributed by atoms with E-state index in [2.05, 4.69) is 4.72 Å². The second kappa shape index (κ2) is 5.58. The second-order valence-electron chi connectivity index (χ2n) is 3.61. The second-order valence-corrected chi connectivity index (χ2v) is 5.29. The van der Waals surface area contributed by atoms with Gasteiger partial charge in [0, 0.05) is 6.04 Å². The predicted molar refractivity (Wildman–Crippen MR) is 61.1 cm³/mol. The standard InChI is InChI=1S/C11H10FN3O2S/c1-8(5-6-13)15-18(16,17)11-4-2-3-10(12)9(11)7-14/h2-4,8,15H,5H2,1H3. The zero-order valence-corrected chi connectivity index (χ0v) is 10.3. The van der Waals surface area contributed by atoms with Crippen LogP contribution in [-0.2, 0) is 10.0 Å². The maximum Gasteiger partial charge on any atom is 0.242 e. The molecule has 0 saturated heterocycles. The minimum absolute atomic E-state index is 0.0174. The van der Waals surface area contributed by atoms with Gasteiger partial charge in [-0.25, -0.2) is 17.5 Å². The third-order valence-electron chi connectivity index (χ3n) is 2.13. The number of sulfonamides is 1. The van der Waals surface area contributed by atoms with Crippen LogP contribution >= 0.6 is 0 Å². The van der Waals surface area contributed by atoms with Crippen molar-refractivity contribution in [1.29, 1.82) is 10.5 Å². The molecule has 0 heterocycles. The average molecular weight is 267 g/mol. The molecule has 0 aliphatic rings. The zero-order valence-electron chi connectivity index (χ0n) is 9.51. The maximum atomic E-state index is 13.3. The third kappa shape index (κ3) is 3.04. The molecule has 0 aliphatic heterocycles. The van der Waals surface area contributed by atoms with Gasteiger partial charge < -0.3 is 0 Å². The van der Waals surface area contributed by atoms with Crippen LogP contribution in [0.4, 0.5) is 4.39 Å². The van der Waals surface area contributed by atoms with Crippen LogP contribution in [0.1, 0.15) is 18.9 Å². The number of rotatable bonds is 4. The summed E-state index contributed by atoms with van der Waals surface area (Å²) in [6.07, 6.45) is -0.0174. The molecule has 18 heavy (non-hydrogen) atoms. The van der Waals surface area contributed by atoms with Gasteiger partial charge in [-0.2, -0.15) is 10.5 Å².